The molecule has 154 valence electrons. The number of nitrogens with zero attached hydrogens (tertiary/aromatic N) is 2. The largest absolute Gasteiger partial charge is 0.463 e. The molecule has 0 saturated heterocycles. The van der Waals surface area contributed by atoms with Gasteiger partial charge in [-0.05, 0) is 43.7 Å². The maximum atomic E-state index is 13.5. The molecule has 0 radical (unpaired) electrons. The van der Waals surface area contributed by atoms with E-state index in [4.69, 9.17) is 10.5 Å². The number of hydrogen-bond acceptors (Lipinski definition) is 5. The lowest BCUT2D eigenvalue weighted by atomic mass is 9.76. The van der Waals surface area contributed by atoms with Gasteiger partial charge in [-0.2, -0.15) is 5.26 Å². The minimum atomic E-state index is -0.484. The second-order valence-corrected chi connectivity index (χ2v) is 7.22. The van der Waals surface area contributed by atoms with Gasteiger partial charge in [0.25, 0.3) is 0 Å². The van der Waals surface area contributed by atoms with Crippen molar-refractivity contribution < 1.29 is 13.9 Å². The summed E-state index contributed by atoms with van der Waals surface area (Å²) >= 11 is 0. The highest BCUT2D eigenvalue weighted by Crippen LogP contribution is 2.45. The lowest BCUT2D eigenvalue weighted by Gasteiger charge is -2.40. The number of esters is 1. The lowest BCUT2D eigenvalue weighted by Crippen LogP contribution is -2.39. The Balaban J connectivity index is 2.22. The van der Waals surface area contributed by atoms with Crippen LogP contribution in [0, 0.1) is 30.0 Å². The van der Waals surface area contributed by atoms with Crippen molar-refractivity contribution in [2.75, 3.05) is 11.5 Å². The Morgan fingerprint density at radius 1 is 1.23 bits per heavy atom. The highest BCUT2D eigenvalue weighted by Gasteiger charge is 2.38. The molecule has 6 heteroatoms. The van der Waals surface area contributed by atoms with E-state index in [-0.39, 0.29) is 24.2 Å². The summed E-state index contributed by atoms with van der Waals surface area (Å²) in [5.74, 6) is -1.31. The third kappa shape index (κ3) is 4.06. The quantitative estimate of drug-likeness (QED) is 0.598. The van der Waals surface area contributed by atoms with Gasteiger partial charge < -0.3 is 10.5 Å². The molecule has 2 N–H and O–H groups in total. The fourth-order valence-corrected chi connectivity index (χ4v) is 3.78. The Bertz CT molecular complexity index is 1030. The molecule has 2 atom stereocenters. The number of nitrogens with two attached hydrogens (primary N) is 1. The number of ether oxygens (including phenoxy) is 1. The van der Waals surface area contributed by atoms with E-state index >= 15 is 0 Å². The van der Waals surface area contributed by atoms with Crippen LogP contribution in [0.5, 0.6) is 0 Å². The summed E-state index contributed by atoms with van der Waals surface area (Å²) in [5, 5.41) is 9.93. The molecular formula is C24H24FN3O2. The number of carbonyl (C=O) groups excluding carboxylic acids is 1. The zero-order valence-corrected chi connectivity index (χ0v) is 17.2. The van der Waals surface area contributed by atoms with E-state index < -0.39 is 11.9 Å². The Hall–Kier alpha value is -3.59. The second-order valence-electron chi connectivity index (χ2n) is 7.22. The van der Waals surface area contributed by atoms with Crippen molar-refractivity contribution in [1.29, 1.82) is 5.26 Å². The number of benzene rings is 2. The molecule has 30 heavy (non-hydrogen) atoms. The Kier molecular flexibility index (Phi) is 6.22. The molecule has 2 aromatic rings. The van der Waals surface area contributed by atoms with Crippen LogP contribution in [0.1, 0.15) is 30.9 Å². The third-order valence-corrected chi connectivity index (χ3v) is 5.25. The summed E-state index contributed by atoms with van der Waals surface area (Å²) in [6.07, 6.45) is 1.42. The fourth-order valence-electron chi connectivity index (χ4n) is 3.78. The summed E-state index contributed by atoms with van der Waals surface area (Å²) in [7, 11) is 0. The zero-order chi connectivity index (χ0) is 21.8. The molecule has 0 amide bonds. The number of anilines is 1. The van der Waals surface area contributed by atoms with E-state index in [0.717, 1.165) is 16.8 Å². The third-order valence-electron chi connectivity index (χ3n) is 5.25. The highest BCUT2D eigenvalue weighted by molar-refractivity contribution is 5.85. The van der Waals surface area contributed by atoms with Crippen molar-refractivity contribution in [3.8, 4) is 6.07 Å². The second kappa shape index (κ2) is 8.83. The van der Waals surface area contributed by atoms with Crippen molar-refractivity contribution in [1.82, 2.24) is 0 Å². The first-order valence-electron chi connectivity index (χ1n) is 9.77. The van der Waals surface area contributed by atoms with Gasteiger partial charge in [-0.15, -0.1) is 0 Å². The minimum Gasteiger partial charge on any atom is -0.463 e. The summed E-state index contributed by atoms with van der Waals surface area (Å²) in [5.41, 5.74) is 10.0. The van der Waals surface area contributed by atoms with Crippen LogP contribution in [0.2, 0.25) is 0 Å². The van der Waals surface area contributed by atoms with Gasteiger partial charge in [0.2, 0.25) is 0 Å². The average Bonchev–Trinajstić information content (AvgIpc) is 2.72. The van der Waals surface area contributed by atoms with E-state index in [1.807, 2.05) is 38.1 Å². The molecule has 0 spiro atoms. The Labute approximate surface area is 175 Å². The van der Waals surface area contributed by atoms with Gasteiger partial charge in [0, 0.05) is 29.3 Å². The number of rotatable bonds is 4. The number of aryl methyl sites for hydroxylation is 1. The summed E-state index contributed by atoms with van der Waals surface area (Å²) in [6.45, 7) is 5.88. The molecular weight excluding hydrogens is 381 g/mol. The Morgan fingerprint density at radius 2 is 1.87 bits per heavy atom. The van der Waals surface area contributed by atoms with Crippen LogP contribution in [0.25, 0.3) is 0 Å². The van der Waals surface area contributed by atoms with Crippen LogP contribution < -0.4 is 10.6 Å². The molecule has 0 unspecified atom stereocenters. The lowest BCUT2D eigenvalue weighted by molar-refractivity contribution is -0.137. The first kappa shape index (κ1) is 21.1. The van der Waals surface area contributed by atoms with Gasteiger partial charge in [-0.25, -0.2) is 9.18 Å². The molecule has 0 saturated carbocycles. The number of allylic oxidation sites excluding steroid dienone is 2. The maximum absolute atomic E-state index is 13.5. The molecule has 5 nitrogen and oxygen atoms in total. The van der Waals surface area contributed by atoms with Crippen molar-refractivity contribution in [2.45, 2.75) is 26.7 Å². The standard InChI is InChI=1S/C24H24FN3O2/c1-4-30-22(29)13-21-16(3)23(17-7-9-18(25)10-8-17)20(14-26)24(27)28(21)19-11-5-15(2)6-12-19/h5-13,16,23H,4,27H2,1-3H3/b21-13+/t16-,23-/m0/s1. The van der Waals surface area contributed by atoms with Gasteiger partial charge in [-0.3, -0.25) is 4.90 Å². The Morgan fingerprint density at radius 3 is 2.43 bits per heavy atom. The minimum absolute atomic E-state index is 0.240. The predicted octanol–water partition coefficient (Wildman–Crippen LogP) is 4.51. The SMILES string of the molecule is CCOC(=O)/C=C1\[C@H](C)[C@@H](c2ccc(F)cc2)C(C#N)=C(N)N1c1ccc(C)cc1. The molecule has 0 aliphatic carbocycles. The van der Waals surface area contributed by atoms with Gasteiger partial charge >= 0.3 is 5.97 Å². The van der Waals surface area contributed by atoms with Crippen LogP contribution >= 0.6 is 0 Å². The molecule has 1 aliphatic heterocycles. The number of carbonyl (C=O) groups is 1. The number of hydrogen-bond donors (Lipinski definition) is 1. The van der Waals surface area contributed by atoms with Crippen LogP contribution in [0.3, 0.4) is 0 Å². The zero-order valence-electron chi connectivity index (χ0n) is 17.2. The highest BCUT2D eigenvalue weighted by atomic mass is 19.1. The fraction of sp³-hybridized carbons (Fsp3) is 0.250. The molecule has 1 heterocycles. The molecule has 2 aromatic carbocycles. The van der Waals surface area contributed by atoms with Gasteiger partial charge in [0.15, 0.2) is 0 Å². The van der Waals surface area contributed by atoms with E-state index in [1.165, 1.54) is 18.2 Å². The van der Waals surface area contributed by atoms with Gasteiger partial charge in [-0.1, -0.05) is 36.8 Å². The summed E-state index contributed by atoms with van der Waals surface area (Å²) in [6, 6.07) is 15.9. The average molecular weight is 405 g/mol. The normalized spacial score (nSPS) is 20.2. The smallest absolute Gasteiger partial charge is 0.332 e. The van der Waals surface area contributed by atoms with Crippen LogP contribution in [-0.2, 0) is 9.53 Å². The topological polar surface area (TPSA) is 79.3 Å². The molecule has 3 rings (SSSR count). The van der Waals surface area contributed by atoms with Crippen LogP contribution in [0.15, 0.2) is 71.7 Å². The maximum Gasteiger partial charge on any atom is 0.332 e. The van der Waals surface area contributed by atoms with Crippen molar-refractivity contribution in [2.24, 2.45) is 11.7 Å². The number of nitriles is 1. The van der Waals surface area contributed by atoms with Crippen molar-refractivity contribution in [3.05, 3.63) is 88.6 Å². The van der Waals surface area contributed by atoms with Gasteiger partial charge in [0.1, 0.15) is 11.6 Å². The summed E-state index contributed by atoms with van der Waals surface area (Å²) < 4.78 is 18.6. The van der Waals surface area contributed by atoms with Crippen LogP contribution in [0.4, 0.5) is 10.1 Å². The number of halogens is 1. The predicted molar refractivity (Wildman–Crippen MR) is 114 cm³/mol. The van der Waals surface area contributed by atoms with Gasteiger partial charge in [0.05, 0.1) is 18.2 Å². The van der Waals surface area contributed by atoms with E-state index in [2.05, 4.69) is 6.07 Å². The first-order chi connectivity index (χ1) is 14.4. The summed E-state index contributed by atoms with van der Waals surface area (Å²) in [4.78, 5) is 14.1. The van der Waals surface area contributed by atoms with Crippen LogP contribution in [-0.4, -0.2) is 12.6 Å². The molecule has 1 aliphatic rings. The monoisotopic (exact) mass is 405 g/mol. The van der Waals surface area contributed by atoms with Crippen molar-refractivity contribution >= 4 is 11.7 Å². The molecule has 0 fully saturated rings. The van der Waals surface area contributed by atoms with E-state index in [9.17, 15) is 14.4 Å². The van der Waals surface area contributed by atoms with Crippen molar-refractivity contribution in [3.63, 3.8) is 0 Å². The van der Waals surface area contributed by atoms with E-state index in [0.29, 0.717) is 11.3 Å². The molecule has 0 aromatic heterocycles. The molecule has 0 bridgehead atoms. The first-order valence-corrected chi connectivity index (χ1v) is 9.77. The van der Waals surface area contributed by atoms with E-state index in [1.54, 1.807) is 24.0 Å².